The number of aliphatic hydroxyl groups is 1. The molecule has 0 bridgehead atoms. The number of anilines is 1. The molecule has 0 aliphatic carbocycles. The summed E-state index contributed by atoms with van der Waals surface area (Å²) < 4.78 is 0. The molecule has 1 aliphatic rings. The van der Waals surface area contributed by atoms with Gasteiger partial charge in [-0.1, -0.05) is 0 Å². The highest BCUT2D eigenvalue weighted by Crippen LogP contribution is 2.26. The van der Waals surface area contributed by atoms with Gasteiger partial charge < -0.3 is 10.0 Å². The molecule has 0 aromatic heterocycles. The quantitative estimate of drug-likeness (QED) is 0.628. The molecule has 1 aromatic carbocycles. The topological polar surface area (TPSA) is 66.6 Å². The zero-order valence-electron chi connectivity index (χ0n) is 9.80. The predicted molar refractivity (Wildman–Crippen MR) is 65.3 cm³/mol. The van der Waals surface area contributed by atoms with Crippen molar-refractivity contribution in [3.05, 3.63) is 33.9 Å². The van der Waals surface area contributed by atoms with Crippen molar-refractivity contribution in [2.45, 2.75) is 25.9 Å². The minimum atomic E-state index is -0.378. The summed E-state index contributed by atoms with van der Waals surface area (Å²) in [6.07, 6.45) is 1.40. The number of non-ortho nitro benzene ring substituents is 1. The fourth-order valence-electron chi connectivity index (χ4n) is 2.22. The third kappa shape index (κ3) is 2.74. The maximum atomic E-state index is 10.8. The average Bonchev–Trinajstić information content (AvgIpc) is 2.28. The molecule has 2 rings (SSSR count). The number of β-amino-alcohol motifs (C(OH)–C–C–N with tert-alkyl or cyclic N) is 1. The second-order valence-corrected chi connectivity index (χ2v) is 4.53. The van der Waals surface area contributed by atoms with Gasteiger partial charge in [0.2, 0.25) is 0 Å². The minimum absolute atomic E-state index is 0.111. The zero-order valence-corrected chi connectivity index (χ0v) is 9.80. The number of hydrogen-bond donors (Lipinski definition) is 1. The summed E-state index contributed by atoms with van der Waals surface area (Å²) in [4.78, 5) is 12.4. The van der Waals surface area contributed by atoms with E-state index in [1.807, 2.05) is 17.9 Å². The standard InChI is InChI=1S/C12H16N2O3/c1-9-5-10(7-11(6-9)14(16)17)13-4-2-3-12(15)8-13/h5-7,12,15H,2-4,8H2,1H3. The summed E-state index contributed by atoms with van der Waals surface area (Å²) >= 11 is 0. The zero-order chi connectivity index (χ0) is 12.4. The SMILES string of the molecule is Cc1cc(N2CCCC(O)C2)cc([N+](=O)[O-])c1. The molecule has 0 amide bonds. The number of benzene rings is 1. The summed E-state index contributed by atoms with van der Waals surface area (Å²) in [7, 11) is 0. The van der Waals surface area contributed by atoms with Crippen LogP contribution in [0.2, 0.25) is 0 Å². The van der Waals surface area contributed by atoms with Crippen LogP contribution in [0.15, 0.2) is 18.2 Å². The summed E-state index contributed by atoms with van der Waals surface area (Å²) in [5, 5.41) is 20.4. The van der Waals surface area contributed by atoms with Crippen LogP contribution in [-0.2, 0) is 0 Å². The molecule has 5 nitrogen and oxygen atoms in total. The highest BCUT2D eigenvalue weighted by atomic mass is 16.6. The Bertz CT molecular complexity index is 434. The molecule has 1 aromatic rings. The maximum absolute atomic E-state index is 10.8. The lowest BCUT2D eigenvalue weighted by Crippen LogP contribution is -2.38. The van der Waals surface area contributed by atoms with Gasteiger partial charge in [-0.25, -0.2) is 0 Å². The van der Waals surface area contributed by atoms with Gasteiger partial charge in [-0.3, -0.25) is 10.1 Å². The van der Waals surface area contributed by atoms with Gasteiger partial charge in [0.1, 0.15) is 0 Å². The first-order valence-corrected chi connectivity index (χ1v) is 5.75. The molecule has 17 heavy (non-hydrogen) atoms. The third-order valence-corrected chi connectivity index (χ3v) is 3.02. The van der Waals surface area contributed by atoms with Gasteiger partial charge in [0.15, 0.2) is 0 Å². The van der Waals surface area contributed by atoms with E-state index < -0.39 is 0 Å². The molecule has 0 saturated carbocycles. The van der Waals surface area contributed by atoms with Crippen molar-refractivity contribution in [3.63, 3.8) is 0 Å². The maximum Gasteiger partial charge on any atom is 0.271 e. The Hall–Kier alpha value is -1.62. The normalized spacial score (nSPS) is 20.4. The van der Waals surface area contributed by atoms with E-state index in [0.717, 1.165) is 30.6 Å². The summed E-state index contributed by atoms with van der Waals surface area (Å²) in [5.41, 5.74) is 1.81. The van der Waals surface area contributed by atoms with Gasteiger partial charge >= 0.3 is 0 Å². The lowest BCUT2D eigenvalue weighted by Gasteiger charge is -2.32. The van der Waals surface area contributed by atoms with E-state index in [9.17, 15) is 15.2 Å². The van der Waals surface area contributed by atoms with Crippen LogP contribution < -0.4 is 4.90 Å². The number of nitro groups is 1. The van der Waals surface area contributed by atoms with Gasteiger partial charge in [-0.05, 0) is 31.4 Å². The van der Waals surface area contributed by atoms with Crippen molar-refractivity contribution >= 4 is 11.4 Å². The molecule has 5 heteroatoms. The van der Waals surface area contributed by atoms with Crippen molar-refractivity contribution in [1.82, 2.24) is 0 Å². The molecule has 1 unspecified atom stereocenters. The van der Waals surface area contributed by atoms with Crippen LogP contribution in [0.1, 0.15) is 18.4 Å². The highest BCUT2D eigenvalue weighted by Gasteiger charge is 2.19. The van der Waals surface area contributed by atoms with E-state index >= 15 is 0 Å². The molecule has 1 aliphatic heterocycles. The van der Waals surface area contributed by atoms with Crippen LogP contribution in [0, 0.1) is 17.0 Å². The lowest BCUT2D eigenvalue weighted by atomic mass is 10.1. The van der Waals surface area contributed by atoms with Crippen molar-refractivity contribution < 1.29 is 10.0 Å². The summed E-state index contributed by atoms with van der Waals surface area (Å²) in [5.74, 6) is 0. The van der Waals surface area contributed by atoms with Crippen LogP contribution in [0.5, 0.6) is 0 Å². The van der Waals surface area contributed by atoms with E-state index in [2.05, 4.69) is 0 Å². The van der Waals surface area contributed by atoms with E-state index in [-0.39, 0.29) is 16.7 Å². The molecule has 92 valence electrons. The number of aliphatic hydroxyl groups excluding tert-OH is 1. The van der Waals surface area contributed by atoms with Gasteiger partial charge in [0.05, 0.1) is 11.0 Å². The first-order valence-electron chi connectivity index (χ1n) is 5.75. The second-order valence-electron chi connectivity index (χ2n) is 4.53. The number of hydrogen-bond acceptors (Lipinski definition) is 4. The fourth-order valence-corrected chi connectivity index (χ4v) is 2.22. The predicted octanol–water partition coefficient (Wildman–Crippen LogP) is 1.86. The molecule has 1 saturated heterocycles. The van der Waals surface area contributed by atoms with Gasteiger partial charge in [-0.2, -0.15) is 0 Å². The van der Waals surface area contributed by atoms with E-state index in [1.54, 1.807) is 12.1 Å². The Balaban J connectivity index is 2.28. The highest BCUT2D eigenvalue weighted by molar-refractivity contribution is 5.56. The second kappa shape index (κ2) is 4.71. The number of aryl methyl sites for hydroxylation is 1. The number of rotatable bonds is 2. The smallest absolute Gasteiger partial charge is 0.271 e. The molecule has 1 atom stereocenters. The molecule has 1 fully saturated rings. The van der Waals surface area contributed by atoms with E-state index in [1.165, 1.54) is 0 Å². The van der Waals surface area contributed by atoms with Crippen molar-refractivity contribution in [2.75, 3.05) is 18.0 Å². The van der Waals surface area contributed by atoms with E-state index in [4.69, 9.17) is 0 Å². The molecular formula is C12H16N2O3. The monoisotopic (exact) mass is 236 g/mol. The molecule has 1 heterocycles. The Labute approximate surface area is 99.8 Å². The molecule has 0 spiro atoms. The van der Waals surface area contributed by atoms with Crippen molar-refractivity contribution in [3.8, 4) is 0 Å². The first kappa shape index (κ1) is 11.9. The summed E-state index contributed by atoms with van der Waals surface area (Å²) in [6.45, 7) is 3.25. The first-order chi connectivity index (χ1) is 8.06. The Kier molecular flexibility index (Phi) is 3.28. The average molecular weight is 236 g/mol. The third-order valence-electron chi connectivity index (χ3n) is 3.02. The van der Waals surface area contributed by atoms with Crippen LogP contribution in [-0.4, -0.2) is 29.2 Å². The van der Waals surface area contributed by atoms with Crippen LogP contribution in [0.3, 0.4) is 0 Å². The van der Waals surface area contributed by atoms with Crippen molar-refractivity contribution in [2.24, 2.45) is 0 Å². The Morgan fingerprint density at radius 1 is 1.47 bits per heavy atom. The number of piperidine rings is 1. The largest absolute Gasteiger partial charge is 0.391 e. The van der Waals surface area contributed by atoms with Gasteiger partial charge in [0, 0.05) is 30.9 Å². The van der Waals surface area contributed by atoms with Crippen molar-refractivity contribution in [1.29, 1.82) is 0 Å². The molecule has 1 N–H and O–H groups in total. The molecule has 0 radical (unpaired) electrons. The van der Waals surface area contributed by atoms with Crippen LogP contribution >= 0.6 is 0 Å². The molecular weight excluding hydrogens is 220 g/mol. The van der Waals surface area contributed by atoms with Crippen LogP contribution in [0.25, 0.3) is 0 Å². The van der Waals surface area contributed by atoms with Crippen LogP contribution in [0.4, 0.5) is 11.4 Å². The fraction of sp³-hybridized carbons (Fsp3) is 0.500. The summed E-state index contributed by atoms with van der Waals surface area (Å²) in [6, 6.07) is 5.06. The Morgan fingerprint density at radius 3 is 2.88 bits per heavy atom. The lowest BCUT2D eigenvalue weighted by molar-refractivity contribution is -0.384. The Morgan fingerprint density at radius 2 is 2.24 bits per heavy atom. The van der Waals surface area contributed by atoms with Gasteiger partial charge in [0.25, 0.3) is 5.69 Å². The minimum Gasteiger partial charge on any atom is -0.391 e. The number of nitrogens with zero attached hydrogens (tertiary/aromatic N) is 2. The van der Waals surface area contributed by atoms with Gasteiger partial charge in [-0.15, -0.1) is 0 Å². The van der Waals surface area contributed by atoms with E-state index in [0.29, 0.717) is 6.54 Å². The number of nitro benzene ring substituents is 1.